The highest BCUT2D eigenvalue weighted by molar-refractivity contribution is 5.95. The van der Waals surface area contributed by atoms with Crippen LogP contribution in [0.5, 0.6) is 5.75 Å². The van der Waals surface area contributed by atoms with Gasteiger partial charge in [-0.05, 0) is 63.4 Å². The van der Waals surface area contributed by atoms with Crippen LogP contribution in [0, 0.1) is 0 Å². The third-order valence-electron chi connectivity index (χ3n) is 8.27. The van der Waals surface area contributed by atoms with E-state index in [1.165, 1.54) is 11.1 Å². The highest BCUT2D eigenvalue weighted by Gasteiger charge is 2.27. The lowest BCUT2D eigenvalue weighted by Crippen LogP contribution is -2.17. The lowest BCUT2D eigenvalue weighted by molar-refractivity contribution is 0.446. The van der Waals surface area contributed by atoms with Crippen LogP contribution in [0.4, 0.5) is 0 Å². The van der Waals surface area contributed by atoms with E-state index in [0.717, 1.165) is 55.9 Å². The average Bonchev–Trinajstić information content (AvgIpc) is 3.33. The summed E-state index contributed by atoms with van der Waals surface area (Å²) in [5.41, 5.74) is 10.9. The molecular formula is C39H39N3O. The fourth-order valence-corrected chi connectivity index (χ4v) is 5.74. The fraction of sp³-hybridized carbons (Fsp3) is 0.231. The highest BCUT2D eigenvalue weighted by atomic mass is 16.3. The summed E-state index contributed by atoms with van der Waals surface area (Å²) in [5.74, 6) is 1.05. The number of aryl methyl sites for hydroxylation is 1. The van der Waals surface area contributed by atoms with Gasteiger partial charge in [-0.25, -0.2) is 4.98 Å². The van der Waals surface area contributed by atoms with Crippen molar-refractivity contribution in [2.24, 2.45) is 7.05 Å². The minimum atomic E-state index is -0.220. The molecule has 216 valence electrons. The number of rotatable bonds is 4. The quantitative estimate of drug-likeness (QED) is 0.231. The lowest BCUT2D eigenvalue weighted by atomic mass is 9.79. The molecule has 2 aromatic heterocycles. The summed E-state index contributed by atoms with van der Waals surface area (Å²) in [6.07, 6.45) is 1.88. The van der Waals surface area contributed by atoms with Gasteiger partial charge >= 0.3 is 0 Å². The molecule has 0 aliphatic heterocycles. The van der Waals surface area contributed by atoms with Crippen LogP contribution in [0.1, 0.15) is 52.7 Å². The van der Waals surface area contributed by atoms with Gasteiger partial charge in [0.05, 0.1) is 22.3 Å². The Morgan fingerprint density at radius 1 is 0.628 bits per heavy atom. The van der Waals surface area contributed by atoms with Crippen LogP contribution in [0.25, 0.3) is 55.9 Å². The van der Waals surface area contributed by atoms with Gasteiger partial charge in [0.2, 0.25) is 0 Å². The summed E-state index contributed by atoms with van der Waals surface area (Å²) in [7, 11) is 2.03. The van der Waals surface area contributed by atoms with E-state index in [-0.39, 0.29) is 10.8 Å². The maximum absolute atomic E-state index is 11.6. The van der Waals surface area contributed by atoms with Crippen LogP contribution in [-0.2, 0) is 17.9 Å². The summed E-state index contributed by atoms with van der Waals surface area (Å²) in [6, 6.07) is 33.6. The van der Waals surface area contributed by atoms with Gasteiger partial charge in [-0.15, -0.1) is 0 Å². The Morgan fingerprint density at radius 2 is 1.33 bits per heavy atom. The largest absolute Gasteiger partial charge is 0.507 e. The maximum atomic E-state index is 11.6. The molecule has 6 rings (SSSR count). The predicted molar refractivity (Wildman–Crippen MR) is 179 cm³/mol. The molecule has 0 aliphatic carbocycles. The third kappa shape index (κ3) is 5.34. The molecule has 43 heavy (non-hydrogen) atoms. The second-order valence-electron chi connectivity index (χ2n) is 13.5. The minimum Gasteiger partial charge on any atom is -0.507 e. The van der Waals surface area contributed by atoms with E-state index in [1.54, 1.807) is 0 Å². The molecule has 1 N–H and O–H groups in total. The Balaban J connectivity index is 1.49. The minimum absolute atomic E-state index is 0.0789. The van der Waals surface area contributed by atoms with Crippen molar-refractivity contribution in [3.63, 3.8) is 0 Å². The number of benzene rings is 4. The van der Waals surface area contributed by atoms with Crippen molar-refractivity contribution < 1.29 is 5.11 Å². The first-order valence-electron chi connectivity index (χ1n) is 14.9. The summed E-state index contributed by atoms with van der Waals surface area (Å²) in [6.45, 7) is 13.0. The predicted octanol–water partition coefficient (Wildman–Crippen LogP) is 9.94. The molecule has 0 radical (unpaired) electrons. The van der Waals surface area contributed by atoms with Crippen molar-refractivity contribution in [2.45, 2.75) is 52.4 Å². The molecule has 0 spiro atoms. The number of aromatic hydroxyl groups is 1. The number of aromatic nitrogens is 3. The number of phenols is 1. The number of fused-ring (bicyclic) bond motifs is 1. The van der Waals surface area contributed by atoms with Crippen LogP contribution >= 0.6 is 0 Å². The molecule has 0 saturated heterocycles. The highest BCUT2D eigenvalue weighted by Crippen LogP contribution is 2.43. The van der Waals surface area contributed by atoms with Crippen molar-refractivity contribution in [3.05, 3.63) is 114 Å². The third-order valence-corrected chi connectivity index (χ3v) is 8.27. The van der Waals surface area contributed by atoms with Crippen molar-refractivity contribution >= 4 is 11.0 Å². The van der Waals surface area contributed by atoms with E-state index in [0.29, 0.717) is 5.75 Å². The van der Waals surface area contributed by atoms with E-state index >= 15 is 0 Å². The Hall–Kier alpha value is -4.70. The standard InChI is InChI=1S/C39H39N3O/c1-38(2,3)29-23-31(36(43)32(24-29)39(4,5)6)37-41-35-30(17-12-18-34(35)42(37)7)27-15-11-16-28(21-27)33-22-26(19-20-40-33)25-13-9-8-10-14-25/h8-24,43H,1-7H3. The van der Waals surface area contributed by atoms with Crippen LogP contribution < -0.4 is 0 Å². The molecular weight excluding hydrogens is 526 g/mol. The molecule has 0 fully saturated rings. The summed E-state index contributed by atoms with van der Waals surface area (Å²) in [4.78, 5) is 9.92. The molecule has 0 unspecified atom stereocenters. The van der Waals surface area contributed by atoms with E-state index in [4.69, 9.17) is 9.97 Å². The summed E-state index contributed by atoms with van der Waals surface area (Å²) < 4.78 is 2.10. The maximum Gasteiger partial charge on any atom is 0.144 e. The van der Waals surface area contributed by atoms with Gasteiger partial charge < -0.3 is 9.67 Å². The number of nitrogens with zero attached hydrogens (tertiary/aromatic N) is 3. The van der Waals surface area contributed by atoms with Gasteiger partial charge in [0.25, 0.3) is 0 Å². The van der Waals surface area contributed by atoms with Crippen LogP contribution in [0.15, 0.2) is 103 Å². The number of hydrogen-bond donors (Lipinski definition) is 1. The van der Waals surface area contributed by atoms with Crippen molar-refractivity contribution in [1.82, 2.24) is 14.5 Å². The molecule has 0 atom stereocenters. The average molecular weight is 566 g/mol. The zero-order chi connectivity index (χ0) is 30.5. The first kappa shape index (κ1) is 28.4. The number of phenolic OH excluding ortho intramolecular Hbond substituents is 1. The van der Waals surface area contributed by atoms with Gasteiger partial charge in [0, 0.05) is 29.9 Å². The van der Waals surface area contributed by atoms with Gasteiger partial charge in [-0.1, -0.05) is 108 Å². The van der Waals surface area contributed by atoms with Crippen LogP contribution in [0.3, 0.4) is 0 Å². The van der Waals surface area contributed by atoms with Gasteiger partial charge in [-0.3, -0.25) is 4.98 Å². The molecule has 4 aromatic carbocycles. The van der Waals surface area contributed by atoms with Crippen molar-refractivity contribution in [3.8, 4) is 50.6 Å². The number of hydrogen-bond acceptors (Lipinski definition) is 3. The van der Waals surface area contributed by atoms with Gasteiger partial charge in [0.15, 0.2) is 0 Å². The van der Waals surface area contributed by atoms with Crippen LogP contribution in [0.2, 0.25) is 0 Å². The smallest absolute Gasteiger partial charge is 0.144 e. The Bertz CT molecular complexity index is 1950. The van der Waals surface area contributed by atoms with E-state index in [2.05, 4.69) is 131 Å². The second-order valence-corrected chi connectivity index (χ2v) is 13.5. The Kier molecular flexibility index (Phi) is 6.96. The molecule has 4 nitrogen and oxygen atoms in total. The molecule has 0 saturated carbocycles. The van der Waals surface area contributed by atoms with E-state index < -0.39 is 0 Å². The van der Waals surface area contributed by atoms with Crippen LogP contribution in [-0.4, -0.2) is 19.6 Å². The number of imidazole rings is 1. The molecule has 0 aliphatic rings. The second kappa shape index (κ2) is 10.5. The fourth-order valence-electron chi connectivity index (χ4n) is 5.74. The lowest BCUT2D eigenvalue weighted by Gasteiger charge is -2.27. The monoisotopic (exact) mass is 565 g/mol. The van der Waals surface area contributed by atoms with E-state index in [1.807, 2.05) is 25.4 Å². The molecule has 0 bridgehead atoms. The van der Waals surface area contributed by atoms with Crippen molar-refractivity contribution in [1.29, 1.82) is 0 Å². The first-order valence-corrected chi connectivity index (χ1v) is 14.9. The number of para-hydroxylation sites is 1. The van der Waals surface area contributed by atoms with Gasteiger partial charge in [-0.2, -0.15) is 0 Å². The zero-order valence-corrected chi connectivity index (χ0v) is 26.1. The summed E-state index contributed by atoms with van der Waals surface area (Å²) in [5, 5.41) is 11.6. The SMILES string of the molecule is Cn1c(-c2cc(C(C)(C)C)cc(C(C)(C)C)c2O)nc2c(-c3cccc(-c4cc(-c5ccccc5)ccn4)c3)cccc21. The Labute approximate surface area is 254 Å². The van der Waals surface area contributed by atoms with Crippen molar-refractivity contribution in [2.75, 3.05) is 0 Å². The topological polar surface area (TPSA) is 50.9 Å². The van der Waals surface area contributed by atoms with Gasteiger partial charge in [0.1, 0.15) is 11.6 Å². The molecule has 2 heterocycles. The molecule has 4 heteroatoms. The molecule has 6 aromatic rings. The normalized spacial score (nSPS) is 12.2. The summed E-state index contributed by atoms with van der Waals surface area (Å²) >= 11 is 0. The zero-order valence-electron chi connectivity index (χ0n) is 26.1. The first-order chi connectivity index (χ1) is 20.4. The Morgan fingerprint density at radius 3 is 2.05 bits per heavy atom. The number of pyridine rings is 1. The van der Waals surface area contributed by atoms with E-state index in [9.17, 15) is 5.11 Å². The molecule has 0 amide bonds.